The monoisotopic (exact) mass is 632 g/mol. The van der Waals surface area contributed by atoms with E-state index < -0.39 is 18.2 Å². The summed E-state index contributed by atoms with van der Waals surface area (Å²) in [6.45, 7) is 0.509. The van der Waals surface area contributed by atoms with Gasteiger partial charge in [-0.15, -0.1) is 0 Å². The number of halogens is 1. The van der Waals surface area contributed by atoms with Gasteiger partial charge in [0.1, 0.15) is 18.0 Å². The highest BCUT2D eigenvalue weighted by Gasteiger charge is 2.41. The van der Waals surface area contributed by atoms with Crippen LogP contribution in [0.15, 0.2) is 66.2 Å². The van der Waals surface area contributed by atoms with E-state index in [0.717, 1.165) is 34.8 Å². The molecule has 7 nitrogen and oxygen atoms in total. The molecule has 4 rings (SSSR count). The van der Waals surface area contributed by atoms with Gasteiger partial charge in [0.2, 0.25) is 11.8 Å². The smallest absolute Gasteiger partial charge is 0.247 e. The zero-order valence-electron chi connectivity index (χ0n) is 21.6. The van der Waals surface area contributed by atoms with Crippen molar-refractivity contribution in [3.8, 4) is 5.75 Å². The minimum Gasteiger partial charge on any atom is -0.482 e. The molecule has 204 valence electrons. The van der Waals surface area contributed by atoms with E-state index in [-0.39, 0.29) is 37.8 Å². The number of benzene rings is 2. The molecule has 8 heteroatoms. The van der Waals surface area contributed by atoms with Gasteiger partial charge in [-0.1, -0.05) is 61.7 Å². The Morgan fingerprint density at radius 2 is 1.74 bits per heavy atom. The molecule has 3 N–H and O–H groups in total. The molecule has 0 spiro atoms. The Hall–Kier alpha value is -2.43. The largest absolute Gasteiger partial charge is 0.482 e. The number of para-hydroxylation sites is 1. The Balaban J connectivity index is 1.64. The third-order valence-electron chi connectivity index (χ3n) is 7.41. The first-order valence-corrected chi connectivity index (χ1v) is 14.6. The van der Waals surface area contributed by atoms with Crippen molar-refractivity contribution in [3.63, 3.8) is 0 Å². The highest BCUT2D eigenvalue weighted by molar-refractivity contribution is 14.1. The second-order valence-electron chi connectivity index (χ2n) is 10.2. The van der Waals surface area contributed by atoms with E-state index in [4.69, 9.17) is 4.74 Å². The molecule has 0 aromatic heterocycles. The minimum atomic E-state index is -1.01. The van der Waals surface area contributed by atoms with Crippen LogP contribution in [-0.4, -0.2) is 64.9 Å². The summed E-state index contributed by atoms with van der Waals surface area (Å²) in [5, 5.41) is 23.6. The quantitative estimate of drug-likeness (QED) is 0.346. The van der Waals surface area contributed by atoms with E-state index >= 15 is 0 Å². The van der Waals surface area contributed by atoms with Crippen molar-refractivity contribution in [1.82, 2.24) is 10.2 Å². The average molecular weight is 633 g/mol. The van der Waals surface area contributed by atoms with Crippen molar-refractivity contribution in [2.75, 3.05) is 19.7 Å². The van der Waals surface area contributed by atoms with Crippen molar-refractivity contribution < 1.29 is 24.5 Å². The van der Waals surface area contributed by atoms with Gasteiger partial charge in [-0.25, -0.2) is 0 Å². The first-order valence-electron chi connectivity index (χ1n) is 13.5. The highest BCUT2D eigenvalue weighted by atomic mass is 127. The molecule has 2 aliphatic rings. The Labute approximate surface area is 238 Å². The lowest BCUT2D eigenvalue weighted by atomic mass is 9.85. The van der Waals surface area contributed by atoms with Crippen LogP contribution in [0, 0.1) is 9.49 Å². The van der Waals surface area contributed by atoms with Crippen molar-refractivity contribution >= 4 is 34.4 Å². The molecular formula is C30H37IN2O5. The average Bonchev–Trinajstić information content (AvgIpc) is 2.94. The predicted octanol–water partition coefficient (Wildman–Crippen LogP) is 3.86. The van der Waals surface area contributed by atoms with Crippen LogP contribution in [0.25, 0.3) is 0 Å². The minimum absolute atomic E-state index is 0.0594. The summed E-state index contributed by atoms with van der Waals surface area (Å²) >= 11 is 2.18. The maximum atomic E-state index is 13.8. The van der Waals surface area contributed by atoms with Crippen molar-refractivity contribution in [1.29, 1.82) is 0 Å². The first-order chi connectivity index (χ1) is 18.5. The summed E-state index contributed by atoms with van der Waals surface area (Å²) < 4.78 is 7.14. The van der Waals surface area contributed by atoms with Crippen LogP contribution in [0.5, 0.6) is 5.75 Å². The van der Waals surface area contributed by atoms with Crippen LogP contribution in [0.4, 0.5) is 0 Å². The first kappa shape index (κ1) is 28.6. The maximum Gasteiger partial charge on any atom is 0.247 e. The molecule has 0 heterocycles. The summed E-state index contributed by atoms with van der Waals surface area (Å²) in [4.78, 5) is 28.6. The molecule has 0 radical (unpaired) electrons. The molecule has 2 aromatic carbocycles. The lowest BCUT2D eigenvalue weighted by molar-refractivity contribution is -0.139. The second kappa shape index (κ2) is 14.1. The van der Waals surface area contributed by atoms with Gasteiger partial charge in [-0.05, 0) is 65.1 Å². The summed E-state index contributed by atoms with van der Waals surface area (Å²) in [5.74, 6) is 0.595. The molecule has 0 bridgehead atoms. The van der Waals surface area contributed by atoms with E-state index in [0.29, 0.717) is 23.8 Å². The molecule has 2 amide bonds. The van der Waals surface area contributed by atoms with Crippen molar-refractivity contribution in [2.45, 2.75) is 63.2 Å². The number of rotatable bonds is 10. The van der Waals surface area contributed by atoms with Crippen molar-refractivity contribution in [2.24, 2.45) is 5.92 Å². The number of aliphatic hydroxyl groups excluding tert-OH is 2. The van der Waals surface area contributed by atoms with Crippen molar-refractivity contribution in [3.05, 3.63) is 75.4 Å². The summed E-state index contributed by atoms with van der Waals surface area (Å²) in [6, 6.07) is 16.5. The SMILES string of the molecule is O=C(NCCO)C1=CC(Oc2ccccc2I)C(O)C(N(CC2CCCCC2)C(=O)Cc2ccccc2)C1. The lowest BCUT2D eigenvalue weighted by Crippen LogP contribution is -2.56. The molecule has 3 unspecified atom stereocenters. The van der Waals surface area contributed by atoms with Crippen LogP contribution in [0.2, 0.25) is 0 Å². The number of hydrogen-bond acceptors (Lipinski definition) is 5. The normalized spacial score (nSPS) is 21.9. The second-order valence-corrected chi connectivity index (χ2v) is 11.3. The zero-order valence-corrected chi connectivity index (χ0v) is 23.8. The fourth-order valence-electron chi connectivity index (χ4n) is 5.41. The van der Waals surface area contributed by atoms with Crippen LogP contribution >= 0.6 is 22.6 Å². The Morgan fingerprint density at radius 3 is 2.45 bits per heavy atom. The third-order valence-corrected chi connectivity index (χ3v) is 8.30. The summed E-state index contributed by atoms with van der Waals surface area (Å²) in [7, 11) is 0. The fourth-order valence-corrected chi connectivity index (χ4v) is 5.92. The molecule has 38 heavy (non-hydrogen) atoms. The van der Waals surface area contributed by atoms with Gasteiger partial charge in [0.05, 0.1) is 22.6 Å². The molecule has 2 aliphatic carbocycles. The van der Waals surface area contributed by atoms with Gasteiger partial charge >= 0.3 is 0 Å². The van der Waals surface area contributed by atoms with E-state index in [1.54, 1.807) is 6.08 Å². The van der Waals surface area contributed by atoms with E-state index in [9.17, 15) is 19.8 Å². The maximum absolute atomic E-state index is 13.8. The fraction of sp³-hybridized carbons (Fsp3) is 0.467. The number of nitrogens with one attached hydrogen (secondary N) is 1. The molecule has 3 atom stereocenters. The Kier molecular flexibility index (Phi) is 10.6. The number of carbonyl (C=O) groups excluding carboxylic acids is 2. The Bertz CT molecular complexity index is 1100. The third kappa shape index (κ3) is 7.57. The number of carbonyl (C=O) groups is 2. The van der Waals surface area contributed by atoms with Gasteiger partial charge in [0, 0.05) is 25.1 Å². The van der Waals surface area contributed by atoms with E-state index in [1.165, 1.54) is 6.42 Å². The molecule has 2 aromatic rings. The number of hydrogen-bond donors (Lipinski definition) is 3. The number of amides is 2. The zero-order chi connectivity index (χ0) is 26.9. The molecule has 0 aliphatic heterocycles. The lowest BCUT2D eigenvalue weighted by Gasteiger charge is -2.42. The van der Waals surface area contributed by atoms with Gasteiger partial charge in [-0.2, -0.15) is 0 Å². The molecular weight excluding hydrogens is 595 g/mol. The number of ether oxygens (including phenoxy) is 1. The summed E-state index contributed by atoms with van der Waals surface area (Å²) in [6.07, 6.45) is 5.91. The van der Waals surface area contributed by atoms with Gasteiger partial charge < -0.3 is 25.2 Å². The van der Waals surface area contributed by atoms with E-state index in [1.807, 2.05) is 59.5 Å². The number of aliphatic hydroxyl groups is 2. The van der Waals surface area contributed by atoms with Crippen LogP contribution < -0.4 is 10.1 Å². The van der Waals surface area contributed by atoms with Crippen LogP contribution in [0.3, 0.4) is 0 Å². The molecule has 0 saturated heterocycles. The standard InChI is InChI=1S/C30H37IN2O5/c31-24-13-7-8-14-26(24)38-27-19-23(30(37)32-15-16-34)18-25(29(27)36)33(20-22-11-5-2-6-12-22)28(35)17-21-9-3-1-4-10-21/h1,3-4,7-10,13-14,19,22,25,27,29,34,36H,2,5-6,11-12,15-18,20H2,(H,32,37). The molecule has 1 saturated carbocycles. The van der Waals surface area contributed by atoms with Gasteiger partial charge in [0.25, 0.3) is 0 Å². The highest BCUT2D eigenvalue weighted by Crippen LogP contribution is 2.32. The van der Waals surface area contributed by atoms with Crippen LogP contribution in [-0.2, 0) is 16.0 Å². The van der Waals surface area contributed by atoms with Gasteiger partial charge in [0.15, 0.2) is 0 Å². The molecule has 1 fully saturated rings. The van der Waals surface area contributed by atoms with E-state index in [2.05, 4.69) is 27.9 Å². The Morgan fingerprint density at radius 1 is 1.03 bits per heavy atom. The summed E-state index contributed by atoms with van der Waals surface area (Å²) in [5.41, 5.74) is 1.37. The van der Waals surface area contributed by atoms with Crippen LogP contribution in [0.1, 0.15) is 44.1 Å². The topological polar surface area (TPSA) is 99.1 Å². The van der Waals surface area contributed by atoms with Gasteiger partial charge in [-0.3, -0.25) is 9.59 Å². The number of nitrogens with zero attached hydrogens (tertiary/aromatic N) is 1. The predicted molar refractivity (Wildman–Crippen MR) is 155 cm³/mol.